The molecule has 0 amide bonds. The number of alkyl halides is 1. The lowest BCUT2D eigenvalue weighted by Crippen LogP contribution is -2.43. The lowest BCUT2D eigenvalue weighted by Gasteiger charge is -2.34. The molecule has 2 rings (SSSR count). The molecule has 0 radical (unpaired) electrons. The summed E-state index contributed by atoms with van der Waals surface area (Å²) >= 11 is 2.43. The van der Waals surface area contributed by atoms with Gasteiger partial charge < -0.3 is 14.7 Å². The molecule has 0 aromatic carbocycles. The third kappa shape index (κ3) is 2.21. The van der Waals surface area contributed by atoms with E-state index in [1.165, 1.54) is 16.5 Å². The highest BCUT2D eigenvalue weighted by Crippen LogP contribution is 2.20. The Balaban J connectivity index is 2.10. The molecule has 15 heavy (non-hydrogen) atoms. The highest BCUT2D eigenvalue weighted by molar-refractivity contribution is 14.1. The molecule has 0 aromatic heterocycles. The van der Waals surface area contributed by atoms with E-state index in [4.69, 9.17) is 0 Å². The minimum atomic E-state index is 0.797. The molecule has 0 N–H and O–H groups in total. The number of fused-ring (bicyclic) bond motifs is 1. The Kier molecular flexibility index (Phi) is 3.38. The molecule has 0 saturated heterocycles. The number of aliphatic imine (C=N–C) groups is 1. The molecule has 2 aliphatic heterocycles. The van der Waals surface area contributed by atoms with E-state index in [9.17, 15) is 0 Å². The third-order valence-corrected chi connectivity index (χ3v) is 3.47. The predicted molar refractivity (Wildman–Crippen MR) is 71.0 cm³/mol. The first kappa shape index (κ1) is 11.0. The van der Waals surface area contributed by atoms with Crippen molar-refractivity contribution >= 4 is 28.4 Å². The molecule has 0 saturated carbocycles. The molecule has 84 valence electrons. The first-order chi connectivity index (χ1) is 7.22. The standard InChI is InChI=1S/C10H17IN4/c1-13-7-12-10-9(13)6-15(5-3-4-11)8-14(10)2/h6H,3-5,7-8H2,1-2H3. The van der Waals surface area contributed by atoms with Crippen LogP contribution in [0.15, 0.2) is 16.9 Å². The van der Waals surface area contributed by atoms with Gasteiger partial charge in [-0.2, -0.15) is 0 Å². The summed E-state index contributed by atoms with van der Waals surface area (Å²) in [5.74, 6) is 1.14. The molecule has 0 bridgehead atoms. The van der Waals surface area contributed by atoms with Gasteiger partial charge in [-0.1, -0.05) is 22.6 Å². The Morgan fingerprint density at radius 1 is 1.40 bits per heavy atom. The average Bonchev–Trinajstić information content (AvgIpc) is 2.58. The largest absolute Gasteiger partial charge is 0.358 e. The SMILES string of the molecule is CN1CN=C2C1=CN(CCCI)CN2C. The fourth-order valence-corrected chi connectivity index (χ4v) is 2.27. The van der Waals surface area contributed by atoms with Crippen molar-refractivity contribution in [1.82, 2.24) is 14.7 Å². The Morgan fingerprint density at radius 2 is 2.20 bits per heavy atom. The summed E-state index contributed by atoms with van der Waals surface area (Å²) in [5, 5.41) is 0. The molecule has 4 nitrogen and oxygen atoms in total. The van der Waals surface area contributed by atoms with Gasteiger partial charge in [-0.15, -0.1) is 0 Å². The van der Waals surface area contributed by atoms with Gasteiger partial charge in [-0.05, 0) is 6.42 Å². The van der Waals surface area contributed by atoms with E-state index in [0.29, 0.717) is 0 Å². The van der Waals surface area contributed by atoms with Gasteiger partial charge in [-0.25, -0.2) is 4.99 Å². The van der Waals surface area contributed by atoms with Crippen LogP contribution in [-0.4, -0.2) is 58.9 Å². The molecule has 0 atom stereocenters. The van der Waals surface area contributed by atoms with Crippen molar-refractivity contribution in [3.8, 4) is 0 Å². The minimum absolute atomic E-state index is 0.797. The normalized spacial score (nSPS) is 20.3. The highest BCUT2D eigenvalue weighted by Gasteiger charge is 2.27. The predicted octanol–water partition coefficient (Wildman–Crippen LogP) is 1.16. The van der Waals surface area contributed by atoms with Gasteiger partial charge in [0.15, 0.2) is 5.84 Å². The fraction of sp³-hybridized carbons (Fsp3) is 0.700. The Bertz CT molecular complexity index is 300. The molecule has 0 fully saturated rings. The lowest BCUT2D eigenvalue weighted by atomic mass is 10.3. The first-order valence-electron chi connectivity index (χ1n) is 5.21. The van der Waals surface area contributed by atoms with Crippen molar-refractivity contribution in [2.75, 3.05) is 38.4 Å². The zero-order chi connectivity index (χ0) is 10.8. The summed E-state index contributed by atoms with van der Waals surface area (Å²) in [6.07, 6.45) is 3.49. The Morgan fingerprint density at radius 3 is 2.93 bits per heavy atom. The quantitative estimate of drug-likeness (QED) is 0.575. The van der Waals surface area contributed by atoms with E-state index in [2.05, 4.69) is 62.6 Å². The van der Waals surface area contributed by atoms with E-state index in [1.54, 1.807) is 0 Å². The number of hydrogen-bond donors (Lipinski definition) is 0. The molecule has 0 unspecified atom stereocenters. The maximum absolute atomic E-state index is 4.51. The zero-order valence-corrected chi connectivity index (χ0v) is 11.4. The highest BCUT2D eigenvalue weighted by atomic mass is 127. The number of likely N-dealkylation sites (N-methyl/N-ethyl adjacent to an activating group) is 2. The van der Waals surface area contributed by atoms with Crippen LogP contribution in [0.25, 0.3) is 0 Å². The van der Waals surface area contributed by atoms with Crippen LogP contribution in [0.5, 0.6) is 0 Å². The average molecular weight is 320 g/mol. The molecule has 0 aliphatic carbocycles. The van der Waals surface area contributed by atoms with Gasteiger partial charge in [0.2, 0.25) is 0 Å². The van der Waals surface area contributed by atoms with Crippen LogP contribution in [-0.2, 0) is 0 Å². The van der Waals surface area contributed by atoms with Crippen LogP contribution in [0.2, 0.25) is 0 Å². The molecule has 0 spiro atoms. The maximum atomic E-state index is 4.51. The van der Waals surface area contributed by atoms with Crippen LogP contribution >= 0.6 is 22.6 Å². The van der Waals surface area contributed by atoms with Crippen molar-refractivity contribution < 1.29 is 0 Å². The summed E-state index contributed by atoms with van der Waals surface area (Å²) in [6, 6.07) is 0. The van der Waals surface area contributed by atoms with Gasteiger partial charge in [-0.3, -0.25) is 0 Å². The third-order valence-electron chi connectivity index (χ3n) is 2.71. The lowest BCUT2D eigenvalue weighted by molar-refractivity contribution is 0.255. The monoisotopic (exact) mass is 320 g/mol. The topological polar surface area (TPSA) is 22.1 Å². The van der Waals surface area contributed by atoms with Crippen LogP contribution in [0.4, 0.5) is 0 Å². The number of rotatable bonds is 3. The van der Waals surface area contributed by atoms with E-state index in [0.717, 1.165) is 25.7 Å². The van der Waals surface area contributed by atoms with E-state index >= 15 is 0 Å². The van der Waals surface area contributed by atoms with Crippen LogP contribution in [0.1, 0.15) is 6.42 Å². The van der Waals surface area contributed by atoms with Crippen molar-refractivity contribution in [3.63, 3.8) is 0 Å². The van der Waals surface area contributed by atoms with Crippen LogP contribution < -0.4 is 0 Å². The van der Waals surface area contributed by atoms with Crippen molar-refractivity contribution in [1.29, 1.82) is 0 Å². The number of nitrogens with zero attached hydrogens (tertiary/aromatic N) is 4. The van der Waals surface area contributed by atoms with Crippen molar-refractivity contribution in [2.45, 2.75) is 6.42 Å². The second-order valence-electron chi connectivity index (χ2n) is 4.03. The molecule has 2 heterocycles. The Labute approximate surface area is 105 Å². The van der Waals surface area contributed by atoms with Crippen molar-refractivity contribution in [2.24, 2.45) is 4.99 Å². The second kappa shape index (κ2) is 4.59. The number of amidine groups is 1. The molecule has 0 aromatic rings. The molecule has 5 heteroatoms. The van der Waals surface area contributed by atoms with Gasteiger partial charge in [0.25, 0.3) is 0 Å². The summed E-state index contributed by atoms with van der Waals surface area (Å²) in [5.41, 5.74) is 1.26. The smallest absolute Gasteiger partial charge is 0.152 e. The first-order valence-corrected chi connectivity index (χ1v) is 6.74. The van der Waals surface area contributed by atoms with Gasteiger partial charge in [0, 0.05) is 31.3 Å². The van der Waals surface area contributed by atoms with Gasteiger partial charge in [0.1, 0.15) is 6.67 Å². The summed E-state index contributed by atoms with van der Waals surface area (Å²) in [6.45, 7) is 2.90. The van der Waals surface area contributed by atoms with Crippen LogP contribution in [0, 0.1) is 0 Å². The maximum Gasteiger partial charge on any atom is 0.152 e. The summed E-state index contributed by atoms with van der Waals surface area (Å²) < 4.78 is 1.22. The zero-order valence-electron chi connectivity index (χ0n) is 9.28. The van der Waals surface area contributed by atoms with Gasteiger partial charge in [0.05, 0.1) is 12.4 Å². The Hall–Kier alpha value is -0.460. The summed E-state index contributed by atoms with van der Waals surface area (Å²) in [4.78, 5) is 11.3. The second-order valence-corrected chi connectivity index (χ2v) is 5.11. The fourth-order valence-electron chi connectivity index (χ4n) is 1.92. The van der Waals surface area contributed by atoms with Crippen molar-refractivity contribution in [3.05, 3.63) is 11.9 Å². The number of halogens is 1. The molecular formula is C10H17IN4. The van der Waals surface area contributed by atoms with E-state index in [1.807, 2.05) is 0 Å². The van der Waals surface area contributed by atoms with Gasteiger partial charge >= 0.3 is 0 Å². The summed E-state index contributed by atoms with van der Waals surface area (Å²) in [7, 11) is 4.21. The minimum Gasteiger partial charge on any atom is -0.358 e. The molecule has 2 aliphatic rings. The van der Waals surface area contributed by atoms with Crippen LogP contribution in [0.3, 0.4) is 0 Å². The van der Waals surface area contributed by atoms with E-state index in [-0.39, 0.29) is 0 Å². The molecular weight excluding hydrogens is 303 g/mol. The van der Waals surface area contributed by atoms with E-state index < -0.39 is 0 Å². The number of hydrogen-bond acceptors (Lipinski definition) is 4.